The summed E-state index contributed by atoms with van der Waals surface area (Å²) in [6.45, 7) is 4.59. The van der Waals surface area contributed by atoms with Gasteiger partial charge in [-0.25, -0.2) is 4.39 Å². The average molecular weight is 268 g/mol. The van der Waals surface area contributed by atoms with Crippen molar-refractivity contribution in [3.05, 3.63) is 29.6 Å². The van der Waals surface area contributed by atoms with Crippen molar-refractivity contribution in [3.8, 4) is 5.75 Å². The molecule has 1 aromatic carbocycles. The predicted molar refractivity (Wildman–Crippen MR) is 68.3 cm³/mol. The Morgan fingerprint density at radius 2 is 1.95 bits per heavy atom. The fourth-order valence-electron chi connectivity index (χ4n) is 1.63. The third kappa shape index (κ3) is 3.94. The van der Waals surface area contributed by atoms with Gasteiger partial charge in [0.25, 0.3) is 5.91 Å². The highest BCUT2D eigenvalue weighted by Crippen LogP contribution is 2.17. The summed E-state index contributed by atoms with van der Waals surface area (Å²) in [5.41, 5.74) is -0.188. The van der Waals surface area contributed by atoms with Gasteiger partial charge in [-0.05, 0) is 32.0 Å². The minimum Gasteiger partial charge on any atom is -0.507 e. The number of likely N-dealkylation sites (N-methyl/N-ethyl adjacent to an activating group) is 1. The number of carbonyl (C=O) groups excluding carboxylic acids is 2. The van der Waals surface area contributed by atoms with Crippen molar-refractivity contribution in [2.24, 2.45) is 0 Å². The maximum absolute atomic E-state index is 13.0. The van der Waals surface area contributed by atoms with E-state index in [1.165, 1.54) is 0 Å². The molecule has 0 spiro atoms. The first-order valence-corrected chi connectivity index (χ1v) is 6.04. The molecule has 104 valence electrons. The number of halogens is 1. The molecule has 5 nitrogen and oxygen atoms in total. The summed E-state index contributed by atoms with van der Waals surface area (Å²) in [5.74, 6) is -1.86. The van der Waals surface area contributed by atoms with Crippen molar-refractivity contribution >= 4 is 11.8 Å². The molecule has 0 aliphatic carbocycles. The van der Waals surface area contributed by atoms with Crippen LogP contribution in [0.4, 0.5) is 4.39 Å². The summed E-state index contributed by atoms with van der Waals surface area (Å²) < 4.78 is 13.0. The highest BCUT2D eigenvalue weighted by molar-refractivity contribution is 5.98. The molecule has 0 aliphatic rings. The van der Waals surface area contributed by atoms with Crippen LogP contribution in [-0.2, 0) is 4.79 Å². The number of benzene rings is 1. The molecule has 0 bridgehead atoms. The van der Waals surface area contributed by atoms with E-state index in [1.54, 1.807) is 4.90 Å². The highest BCUT2D eigenvalue weighted by atomic mass is 19.1. The second kappa shape index (κ2) is 6.72. The summed E-state index contributed by atoms with van der Waals surface area (Å²) in [7, 11) is 0. The van der Waals surface area contributed by atoms with Gasteiger partial charge in [0.2, 0.25) is 5.91 Å². The highest BCUT2D eigenvalue weighted by Gasteiger charge is 2.15. The standard InChI is InChI=1S/C13H17FN2O3/c1-3-16(4-2)12(18)8-15-13(19)10-7-9(14)5-6-11(10)17/h5-7,17H,3-4,8H2,1-2H3,(H,15,19). The first-order valence-electron chi connectivity index (χ1n) is 6.04. The van der Waals surface area contributed by atoms with Crippen LogP contribution >= 0.6 is 0 Å². The van der Waals surface area contributed by atoms with Crippen LogP contribution in [-0.4, -0.2) is 41.5 Å². The first-order chi connectivity index (χ1) is 8.99. The van der Waals surface area contributed by atoms with Gasteiger partial charge in [-0.2, -0.15) is 0 Å². The van der Waals surface area contributed by atoms with Crippen LogP contribution in [0.1, 0.15) is 24.2 Å². The topological polar surface area (TPSA) is 69.6 Å². The molecule has 0 saturated carbocycles. The summed E-state index contributed by atoms with van der Waals surface area (Å²) >= 11 is 0. The van der Waals surface area contributed by atoms with Crippen LogP contribution in [0.15, 0.2) is 18.2 Å². The molecular weight excluding hydrogens is 251 g/mol. The smallest absolute Gasteiger partial charge is 0.255 e. The number of phenolic OH excluding ortho intramolecular Hbond substituents is 1. The number of rotatable bonds is 5. The summed E-state index contributed by atoms with van der Waals surface area (Å²) in [5, 5.41) is 11.8. The molecule has 2 amide bonds. The summed E-state index contributed by atoms with van der Waals surface area (Å²) in [4.78, 5) is 24.9. The number of carbonyl (C=O) groups is 2. The molecule has 0 unspecified atom stereocenters. The van der Waals surface area contributed by atoms with Gasteiger partial charge in [0, 0.05) is 13.1 Å². The Bertz CT molecular complexity index is 473. The van der Waals surface area contributed by atoms with E-state index in [4.69, 9.17) is 0 Å². The monoisotopic (exact) mass is 268 g/mol. The summed E-state index contributed by atoms with van der Waals surface area (Å²) in [6, 6.07) is 3.07. The maximum Gasteiger partial charge on any atom is 0.255 e. The van der Waals surface area contributed by atoms with Gasteiger partial charge in [0.15, 0.2) is 0 Å². The largest absolute Gasteiger partial charge is 0.507 e. The number of hydrogen-bond acceptors (Lipinski definition) is 3. The average Bonchev–Trinajstić information content (AvgIpc) is 2.40. The van der Waals surface area contributed by atoms with Gasteiger partial charge < -0.3 is 15.3 Å². The van der Waals surface area contributed by atoms with Gasteiger partial charge in [-0.3, -0.25) is 9.59 Å². The number of aromatic hydroxyl groups is 1. The molecule has 0 aliphatic heterocycles. The Hall–Kier alpha value is -2.11. The van der Waals surface area contributed by atoms with E-state index >= 15 is 0 Å². The Kier molecular flexibility index (Phi) is 5.29. The van der Waals surface area contributed by atoms with Crippen molar-refractivity contribution in [2.75, 3.05) is 19.6 Å². The molecule has 19 heavy (non-hydrogen) atoms. The van der Waals surface area contributed by atoms with Crippen molar-refractivity contribution in [3.63, 3.8) is 0 Å². The van der Waals surface area contributed by atoms with Gasteiger partial charge >= 0.3 is 0 Å². The molecular formula is C13H17FN2O3. The Labute approximate surface area is 111 Å². The predicted octanol–water partition coefficient (Wildman–Crippen LogP) is 1.13. The zero-order chi connectivity index (χ0) is 14.4. The number of nitrogens with one attached hydrogen (secondary N) is 1. The number of nitrogens with zero attached hydrogens (tertiary/aromatic N) is 1. The van der Waals surface area contributed by atoms with E-state index in [0.717, 1.165) is 18.2 Å². The van der Waals surface area contributed by atoms with Crippen molar-refractivity contribution in [1.29, 1.82) is 0 Å². The zero-order valence-electron chi connectivity index (χ0n) is 10.9. The minimum atomic E-state index is -0.683. The van der Waals surface area contributed by atoms with Crippen molar-refractivity contribution < 1.29 is 19.1 Å². The Morgan fingerprint density at radius 3 is 2.53 bits per heavy atom. The lowest BCUT2D eigenvalue weighted by Gasteiger charge is -2.18. The fraction of sp³-hybridized carbons (Fsp3) is 0.385. The van der Waals surface area contributed by atoms with Gasteiger partial charge in [0.05, 0.1) is 12.1 Å². The molecule has 0 aromatic heterocycles. The minimum absolute atomic E-state index is 0.184. The van der Waals surface area contributed by atoms with Crippen LogP contribution in [0, 0.1) is 5.82 Å². The molecule has 0 atom stereocenters. The van der Waals surface area contributed by atoms with E-state index < -0.39 is 11.7 Å². The van der Waals surface area contributed by atoms with E-state index in [-0.39, 0.29) is 23.8 Å². The van der Waals surface area contributed by atoms with Crippen LogP contribution in [0.2, 0.25) is 0 Å². The third-order valence-electron chi connectivity index (χ3n) is 2.72. The molecule has 0 fully saturated rings. The molecule has 2 N–H and O–H groups in total. The number of hydrogen-bond donors (Lipinski definition) is 2. The van der Waals surface area contributed by atoms with Gasteiger partial charge in [0.1, 0.15) is 11.6 Å². The zero-order valence-corrected chi connectivity index (χ0v) is 10.9. The van der Waals surface area contributed by atoms with Crippen LogP contribution < -0.4 is 5.32 Å². The fourth-order valence-corrected chi connectivity index (χ4v) is 1.63. The quantitative estimate of drug-likeness (QED) is 0.841. The Morgan fingerprint density at radius 1 is 1.32 bits per heavy atom. The molecule has 0 heterocycles. The van der Waals surface area contributed by atoms with E-state index in [9.17, 15) is 19.1 Å². The molecule has 0 radical (unpaired) electrons. The third-order valence-corrected chi connectivity index (χ3v) is 2.72. The second-order valence-corrected chi connectivity index (χ2v) is 3.91. The van der Waals surface area contributed by atoms with E-state index in [0.29, 0.717) is 13.1 Å². The summed E-state index contributed by atoms with van der Waals surface area (Å²) in [6.07, 6.45) is 0. The lowest BCUT2D eigenvalue weighted by molar-refractivity contribution is -0.129. The molecule has 1 rings (SSSR count). The maximum atomic E-state index is 13.0. The SMILES string of the molecule is CCN(CC)C(=O)CNC(=O)c1cc(F)ccc1O. The molecule has 1 aromatic rings. The number of amides is 2. The first kappa shape index (κ1) is 14.9. The van der Waals surface area contributed by atoms with Gasteiger partial charge in [-0.15, -0.1) is 0 Å². The Balaban J connectivity index is 2.65. The van der Waals surface area contributed by atoms with E-state index in [1.807, 2.05) is 13.8 Å². The van der Waals surface area contributed by atoms with Crippen molar-refractivity contribution in [1.82, 2.24) is 10.2 Å². The van der Waals surface area contributed by atoms with Crippen LogP contribution in [0.3, 0.4) is 0 Å². The normalized spacial score (nSPS) is 10.1. The lowest BCUT2D eigenvalue weighted by Crippen LogP contribution is -2.40. The molecule has 0 saturated heterocycles. The lowest BCUT2D eigenvalue weighted by atomic mass is 10.2. The van der Waals surface area contributed by atoms with Gasteiger partial charge in [-0.1, -0.05) is 0 Å². The second-order valence-electron chi connectivity index (χ2n) is 3.91. The van der Waals surface area contributed by atoms with Crippen LogP contribution in [0.5, 0.6) is 5.75 Å². The van der Waals surface area contributed by atoms with Crippen LogP contribution in [0.25, 0.3) is 0 Å². The van der Waals surface area contributed by atoms with E-state index in [2.05, 4.69) is 5.32 Å². The number of phenols is 1. The van der Waals surface area contributed by atoms with Crippen molar-refractivity contribution in [2.45, 2.75) is 13.8 Å². The molecule has 6 heteroatoms.